The van der Waals surface area contributed by atoms with E-state index < -0.39 is 0 Å². The van der Waals surface area contributed by atoms with Gasteiger partial charge in [-0.05, 0) is 19.3 Å². The van der Waals surface area contributed by atoms with Gasteiger partial charge in [-0.25, -0.2) is 4.79 Å². The molecule has 0 spiro atoms. The SMILES string of the molecule is CNC(=O)C1CCN(C(=O)NC2CCCCC2)C1. The molecule has 2 N–H and O–H groups in total. The quantitative estimate of drug-likeness (QED) is 0.774. The molecule has 0 aromatic heterocycles. The van der Waals surface area contributed by atoms with Gasteiger partial charge in [0, 0.05) is 26.2 Å². The fourth-order valence-electron chi connectivity index (χ4n) is 2.88. The number of rotatable bonds is 2. The molecule has 5 heteroatoms. The van der Waals surface area contributed by atoms with Crippen molar-refractivity contribution in [2.45, 2.75) is 44.6 Å². The van der Waals surface area contributed by atoms with Gasteiger partial charge in [-0.1, -0.05) is 19.3 Å². The van der Waals surface area contributed by atoms with Gasteiger partial charge in [0.05, 0.1) is 5.92 Å². The molecule has 1 unspecified atom stereocenters. The summed E-state index contributed by atoms with van der Waals surface area (Å²) in [5.74, 6) is 0.00933. The van der Waals surface area contributed by atoms with Crippen molar-refractivity contribution in [3.63, 3.8) is 0 Å². The van der Waals surface area contributed by atoms with E-state index in [0.717, 1.165) is 19.3 Å². The lowest BCUT2D eigenvalue weighted by atomic mass is 9.96. The fraction of sp³-hybridized carbons (Fsp3) is 0.846. The number of nitrogens with zero attached hydrogens (tertiary/aromatic N) is 1. The van der Waals surface area contributed by atoms with Gasteiger partial charge in [-0.15, -0.1) is 0 Å². The molecule has 1 saturated carbocycles. The summed E-state index contributed by atoms with van der Waals surface area (Å²) in [5, 5.41) is 5.74. The minimum Gasteiger partial charge on any atom is -0.359 e. The van der Waals surface area contributed by atoms with Crippen LogP contribution >= 0.6 is 0 Å². The first-order chi connectivity index (χ1) is 8.70. The fourth-order valence-corrected chi connectivity index (χ4v) is 2.88. The first kappa shape index (κ1) is 13.2. The topological polar surface area (TPSA) is 61.4 Å². The molecule has 1 aliphatic heterocycles. The van der Waals surface area contributed by atoms with Gasteiger partial charge in [-0.3, -0.25) is 4.79 Å². The number of carbonyl (C=O) groups excluding carboxylic acids is 2. The largest absolute Gasteiger partial charge is 0.359 e. The molecule has 0 aromatic carbocycles. The first-order valence-electron chi connectivity index (χ1n) is 6.97. The lowest BCUT2D eigenvalue weighted by Gasteiger charge is -2.26. The summed E-state index contributed by atoms with van der Waals surface area (Å²) >= 11 is 0. The Morgan fingerprint density at radius 3 is 2.50 bits per heavy atom. The van der Waals surface area contributed by atoms with Crippen LogP contribution in [0.1, 0.15) is 38.5 Å². The van der Waals surface area contributed by atoms with Crippen LogP contribution in [0.15, 0.2) is 0 Å². The summed E-state index contributed by atoms with van der Waals surface area (Å²) in [6.07, 6.45) is 6.68. The predicted octanol–water partition coefficient (Wildman–Crippen LogP) is 1.10. The maximum atomic E-state index is 12.1. The minimum atomic E-state index is -0.0351. The second-order valence-corrected chi connectivity index (χ2v) is 5.33. The van der Waals surface area contributed by atoms with Crippen LogP contribution in [0.2, 0.25) is 0 Å². The highest BCUT2D eigenvalue weighted by Crippen LogP contribution is 2.19. The van der Waals surface area contributed by atoms with E-state index in [-0.39, 0.29) is 17.9 Å². The van der Waals surface area contributed by atoms with Crippen molar-refractivity contribution in [3.05, 3.63) is 0 Å². The van der Waals surface area contributed by atoms with Gasteiger partial charge in [-0.2, -0.15) is 0 Å². The van der Waals surface area contributed by atoms with E-state index in [1.165, 1.54) is 19.3 Å². The number of nitrogens with one attached hydrogen (secondary N) is 2. The molecule has 5 nitrogen and oxygen atoms in total. The minimum absolute atomic E-state index is 0.00769. The van der Waals surface area contributed by atoms with Crippen LogP contribution in [0.4, 0.5) is 4.79 Å². The number of urea groups is 1. The standard InChI is InChI=1S/C13H23N3O2/c1-14-12(17)10-7-8-16(9-10)13(18)15-11-5-3-2-4-6-11/h10-11H,2-9H2,1H3,(H,14,17)(H,15,18). The van der Waals surface area contributed by atoms with Crippen LogP contribution < -0.4 is 10.6 Å². The zero-order chi connectivity index (χ0) is 13.0. The third-order valence-corrected chi connectivity index (χ3v) is 4.03. The molecule has 1 saturated heterocycles. The third kappa shape index (κ3) is 3.15. The maximum absolute atomic E-state index is 12.1. The lowest BCUT2D eigenvalue weighted by Crippen LogP contribution is -2.45. The number of carbonyl (C=O) groups is 2. The van der Waals surface area contributed by atoms with Crippen molar-refractivity contribution < 1.29 is 9.59 Å². The zero-order valence-corrected chi connectivity index (χ0v) is 11.1. The Morgan fingerprint density at radius 2 is 1.83 bits per heavy atom. The van der Waals surface area contributed by atoms with Crippen LogP contribution in [0.25, 0.3) is 0 Å². The Morgan fingerprint density at radius 1 is 1.11 bits per heavy atom. The van der Waals surface area contributed by atoms with Crippen molar-refractivity contribution in [2.75, 3.05) is 20.1 Å². The summed E-state index contributed by atoms with van der Waals surface area (Å²) < 4.78 is 0. The molecule has 2 aliphatic rings. The molecule has 2 rings (SSSR count). The number of amides is 3. The summed E-state index contributed by atoms with van der Waals surface area (Å²) in [4.78, 5) is 25.3. The van der Waals surface area contributed by atoms with Crippen LogP contribution in [0.5, 0.6) is 0 Å². The molecule has 0 bridgehead atoms. The monoisotopic (exact) mass is 253 g/mol. The normalized spacial score (nSPS) is 24.9. The second-order valence-electron chi connectivity index (χ2n) is 5.33. The number of hydrogen-bond donors (Lipinski definition) is 2. The van der Waals surface area contributed by atoms with Crippen LogP contribution in [-0.4, -0.2) is 43.0 Å². The van der Waals surface area contributed by atoms with Crippen molar-refractivity contribution in [1.29, 1.82) is 0 Å². The molecule has 1 atom stereocenters. The molecule has 0 radical (unpaired) electrons. The Balaban J connectivity index is 1.78. The van der Waals surface area contributed by atoms with Gasteiger partial charge in [0.1, 0.15) is 0 Å². The Labute approximate surface area is 108 Å². The molecule has 1 heterocycles. The van der Waals surface area contributed by atoms with Crippen LogP contribution in [0, 0.1) is 5.92 Å². The van der Waals surface area contributed by atoms with Gasteiger partial charge in [0.2, 0.25) is 5.91 Å². The third-order valence-electron chi connectivity index (χ3n) is 4.03. The van der Waals surface area contributed by atoms with Gasteiger partial charge in [0.15, 0.2) is 0 Å². The van der Waals surface area contributed by atoms with Gasteiger partial charge >= 0.3 is 6.03 Å². The molecule has 102 valence electrons. The Hall–Kier alpha value is -1.26. The second kappa shape index (κ2) is 6.07. The van der Waals surface area contributed by atoms with E-state index in [9.17, 15) is 9.59 Å². The zero-order valence-electron chi connectivity index (χ0n) is 11.1. The maximum Gasteiger partial charge on any atom is 0.317 e. The lowest BCUT2D eigenvalue weighted by molar-refractivity contribution is -0.124. The average molecular weight is 253 g/mol. The molecule has 1 aliphatic carbocycles. The highest BCUT2D eigenvalue weighted by Gasteiger charge is 2.31. The molecular weight excluding hydrogens is 230 g/mol. The highest BCUT2D eigenvalue weighted by molar-refractivity contribution is 5.81. The van der Waals surface area contributed by atoms with E-state index in [2.05, 4.69) is 10.6 Å². The van der Waals surface area contributed by atoms with Gasteiger partial charge in [0.25, 0.3) is 0 Å². The number of hydrogen-bond acceptors (Lipinski definition) is 2. The van der Waals surface area contributed by atoms with Crippen LogP contribution in [0.3, 0.4) is 0 Å². The Bertz CT molecular complexity index is 313. The molecular formula is C13H23N3O2. The summed E-state index contributed by atoms with van der Waals surface area (Å²) in [6.45, 7) is 1.24. The van der Waals surface area contributed by atoms with Crippen molar-refractivity contribution in [1.82, 2.24) is 15.5 Å². The first-order valence-corrected chi connectivity index (χ1v) is 6.97. The Kier molecular flexibility index (Phi) is 4.44. The molecule has 18 heavy (non-hydrogen) atoms. The molecule has 0 aromatic rings. The van der Waals surface area contributed by atoms with E-state index in [4.69, 9.17) is 0 Å². The average Bonchev–Trinajstić information content (AvgIpc) is 2.88. The summed E-state index contributed by atoms with van der Waals surface area (Å²) in [5.41, 5.74) is 0. The summed E-state index contributed by atoms with van der Waals surface area (Å²) in [6, 6.07) is 0.346. The van der Waals surface area contributed by atoms with E-state index >= 15 is 0 Å². The summed E-state index contributed by atoms with van der Waals surface area (Å²) in [7, 11) is 1.65. The van der Waals surface area contributed by atoms with Crippen molar-refractivity contribution in [3.8, 4) is 0 Å². The van der Waals surface area contributed by atoms with E-state index in [0.29, 0.717) is 19.1 Å². The van der Waals surface area contributed by atoms with E-state index in [1.54, 1.807) is 11.9 Å². The molecule has 2 fully saturated rings. The number of likely N-dealkylation sites (tertiary alicyclic amines) is 1. The van der Waals surface area contributed by atoms with Crippen LogP contribution in [-0.2, 0) is 4.79 Å². The highest BCUT2D eigenvalue weighted by atomic mass is 16.2. The van der Waals surface area contributed by atoms with E-state index in [1.807, 2.05) is 0 Å². The molecule has 3 amide bonds. The predicted molar refractivity (Wildman–Crippen MR) is 69.2 cm³/mol. The van der Waals surface area contributed by atoms with Gasteiger partial charge < -0.3 is 15.5 Å². The van der Waals surface area contributed by atoms with Crippen molar-refractivity contribution in [2.24, 2.45) is 5.92 Å². The smallest absolute Gasteiger partial charge is 0.317 e. The van der Waals surface area contributed by atoms with Crippen molar-refractivity contribution >= 4 is 11.9 Å².